The molecule has 164 valence electrons. The minimum absolute atomic E-state index is 0.0974. The van der Waals surface area contributed by atoms with Gasteiger partial charge in [0.1, 0.15) is 6.10 Å². The van der Waals surface area contributed by atoms with E-state index in [0.29, 0.717) is 12.3 Å². The van der Waals surface area contributed by atoms with E-state index in [4.69, 9.17) is 9.47 Å². The Kier molecular flexibility index (Phi) is 7.58. The molecular weight excluding hydrogens is 368 g/mol. The molecule has 0 amide bonds. The third-order valence-electron chi connectivity index (χ3n) is 7.11. The molecule has 5 heteroatoms. The predicted molar refractivity (Wildman–Crippen MR) is 112 cm³/mol. The zero-order valence-electron chi connectivity index (χ0n) is 18.3. The maximum Gasteiger partial charge on any atom is 0.308 e. The van der Waals surface area contributed by atoms with Crippen LogP contribution in [0.5, 0.6) is 0 Å². The topological polar surface area (TPSA) is 76.0 Å². The lowest BCUT2D eigenvalue weighted by Gasteiger charge is -2.45. The fraction of sp³-hybridized carbons (Fsp3) is 0.792. The van der Waals surface area contributed by atoms with Gasteiger partial charge in [0.25, 0.3) is 0 Å². The number of esters is 1. The van der Waals surface area contributed by atoms with E-state index in [9.17, 15) is 15.0 Å². The second-order valence-electron chi connectivity index (χ2n) is 9.57. The van der Waals surface area contributed by atoms with Crippen molar-refractivity contribution in [2.24, 2.45) is 23.7 Å². The maximum absolute atomic E-state index is 11.7. The highest BCUT2D eigenvalue weighted by Gasteiger charge is 2.43. The first kappa shape index (κ1) is 22.5. The Morgan fingerprint density at radius 2 is 2.03 bits per heavy atom. The number of carbonyl (C=O) groups is 1. The first-order valence-corrected chi connectivity index (χ1v) is 11.3. The SMILES string of the molecule is CCC(C)COC1CC(C)=CC2=CC(O)C(C)C(CCC3CC(O)CC(=O)O3)C21. The Morgan fingerprint density at radius 1 is 1.28 bits per heavy atom. The van der Waals surface area contributed by atoms with E-state index in [-0.39, 0.29) is 42.4 Å². The van der Waals surface area contributed by atoms with Gasteiger partial charge in [-0.1, -0.05) is 44.9 Å². The number of allylic oxidation sites excluding steroid dienone is 1. The molecule has 1 aliphatic heterocycles. The van der Waals surface area contributed by atoms with E-state index in [1.54, 1.807) is 0 Å². The summed E-state index contributed by atoms with van der Waals surface area (Å²) in [5.74, 6) is 0.854. The smallest absolute Gasteiger partial charge is 0.308 e. The molecule has 8 atom stereocenters. The number of carbonyl (C=O) groups excluding carboxylic acids is 1. The lowest BCUT2D eigenvalue weighted by Crippen LogP contribution is -2.44. The highest BCUT2D eigenvalue weighted by atomic mass is 16.5. The lowest BCUT2D eigenvalue weighted by molar-refractivity contribution is -0.160. The highest BCUT2D eigenvalue weighted by Crippen LogP contribution is 2.46. The summed E-state index contributed by atoms with van der Waals surface area (Å²) in [7, 11) is 0. The molecule has 8 unspecified atom stereocenters. The van der Waals surface area contributed by atoms with Crippen molar-refractivity contribution in [2.75, 3.05) is 6.61 Å². The molecule has 0 aromatic carbocycles. The number of fused-ring (bicyclic) bond motifs is 1. The number of hydrogen-bond donors (Lipinski definition) is 2. The molecule has 1 heterocycles. The molecule has 0 saturated carbocycles. The van der Waals surface area contributed by atoms with Crippen molar-refractivity contribution in [3.05, 3.63) is 23.3 Å². The molecule has 5 nitrogen and oxygen atoms in total. The largest absolute Gasteiger partial charge is 0.462 e. The molecule has 29 heavy (non-hydrogen) atoms. The van der Waals surface area contributed by atoms with Crippen LogP contribution in [0.1, 0.15) is 66.2 Å². The van der Waals surface area contributed by atoms with E-state index in [0.717, 1.165) is 32.3 Å². The van der Waals surface area contributed by atoms with Crippen LogP contribution in [0.25, 0.3) is 0 Å². The van der Waals surface area contributed by atoms with E-state index in [1.807, 2.05) is 6.08 Å². The van der Waals surface area contributed by atoms with Crippen LogP contribution >= 0.6 is 0 Å². The molecule has 1 saturated heterocycles. The van der Waals surface area contributed by atoms with Crippen LogP contribution in [0.2, 0.25) is 0 Å². The van der Waals surface area contributed by atoms with Crippen LogP contribution in [0.15, 0.2) is 23.3 Å². The normalized spacial score (nSPS) is 38.6. The quantitative estimate of drug-likeness (QED) is 0.629. The third-order valence-corrected chi connectivity index (χ3v) is 7.11. The number of cyclic esters (lactones) is 1. The van der Waals surface area contributed by atoms with E-state index in [2.05, 4.69) is 33.8 Å². The fourth-order valence-electron chi connectivity index (χ4n) is 5.14. The maximum atomic E-state index is 11.7. The van der Waals surface area contributed by atoms with Gasteiger partial charge >= 0.3 is 5.97 Å². The Bertz CT molecular complexity index is 639. The number of hydrogen-bond acceptors (Lipinski definition) is 5. The van der Waals surface area contributed by atoms with Crippen molar-refractivity contribution in [2.45, 2.75) is 90.6 Å². The number of rotatable bonds is 7. The van der Waals surface area contributed by atoms with E-state index in [1.165, 1.54) is 11.1 Å². The molecular formula is C24H38O5. The number of aliphatic hydroxyl groups is 2. The van der Waals surface area contributed by atoms with Crippen molar-refractivity contribution >= 4 is 5.97 Å². The van der Waals surface area contributed by atoms with Crippen LogP contribution in [0.4, 0.5) is 0 Å². The Labute approximate surface area is 175 Å². The van der Waals surface area contributed by atoms with Crippen LogP contribution < -0.4 is 0 Å². The summed E-state index contributed by atoms with van der Waals surface area (Å²) in [6.07, 6.45) is 7.26. The Balaban J connectivity index is 1.75. The minimum Gasteiger partial charge on any atom is -0.462 e. The molecule has 3 aliphatic rings. The molecule has 3 rings (SSSR count). The fourth-order valence-corrected chi connectivity index (χ4v) is 5.14. The van der Waals surface area contributed by atoms with Gasteiger partial charge in [0, 0.05) is 18.9 Å². The van der Waals surface area contributed by atoms with Gasteiger partial charge in [-0.15, -0.1) is 0 Å². The standard InChI is InChI=1S/C24H38O5/c1-5-14(2)13-28-22-9-15(3)8-17-10-21(26)16(4)20(24(17)22)7-6-19-11-18(25)12-23(27)29-19/h8,10,14,16,18-22,24-26H,5-7,9,11-13H2,1-4H3. The van der Waals surface area contributed by atoms with Crippen molar-refractivity contribution < 1.29 is 24.5 Å². The summed E-state index contributed by atoms with van der Waals surface area (Å²) in [6, 6.07) is 0. The van der Waals surface area contributed by atoms with Crippen molar-refractivity contribution in [1.29, 1.82) is 0 Å². The third kappa shape index (κ3) is 5.50. The molecule has 0 spiro atoms. The summed E-state index contributed by atoms with van der Waals surface area (Å²) in [6.45, 7) is 9.41. The second kappa shape index (κ2) is 9.76. The summed E-state index contributed by atoms with van der Waals surface area (Å²) in [5, 5.41) is 20.6. The molecule has 0 radical (unpaired) electrons. The van der Waals surface area contributed by atoms with Crippen molar-refractivity contribution in [3.63, 3.8) is 0 Å². The van der Waals surface area contributed by atoms with Gasteiger partial charge in [-0.25, -0.2) is 0 Å². The monoisotopic (exact) mass is 406 g/mol. The summed E-state index contributed by atoms with van der Waals surface area (Å²) >= 11 is 0. The van der Waals surface area contributed by atoms with Crippen LogP contribution in [0, 0.1) is 23.7 Å². The van der Waals surface area contributed by atoms with Crippen molar-refractivity contribution in [3.8, 4) is 0 Å². The Hall–Kier alpha value is -1.17. The van der Waals surface area contributed by atoms with Crippen LogP contribution in [-0.4, -0.2) is 47.2 Å². The average molecular weight is 407 g/mol. The molecule has 1 fully saturated rings. The van der Waals surface area contributed by atoms with Crippen LogP contribution in [0.3, 0.4) is 0 Å². The zero-order chi connectivity index (χ0) is 21.1. The van der Waals surface area contributed by atoms with Crippen LogP contribution in [-0.2, 0) is 14.3 Å². The number of aliphatic hydroxyl groups excluding tert-OH is 2. The molecule has 0 aromatic rings. The van der Waals surface area contributed by atoms with E-state index >= 15 is 0 Å². The molecule has 2 aliphatic carbocycles. The van der Waals surface area contributed by atoms with Gasteiger partial charge in [-0.3, -0.25) is 4.79 Å². The lowest BCUT2D eigenvalue weighted by atomic mass is 9.64. The second-order valence-corrected chi connectivity index (χ2v) is 9.57. The summed E-state index contributed by atoms with van der Waals surface area (Å²) in [5.41, 5.74) is 2.49. The first-order valence-electron chi connectivity index (χ1n) is 11.3. The predicted octanol–water partition coefficient (Wildman–Crippen LogP) is 3.78. The number of ether oxygens (including phenoxy) is 2. The molecule has 0 bridgehead atoms. The first-order chi connectivity index (χ1) is 13.8. The van der Waals surface area contributed by atoms with Gasteiger partial charge in [0.15, 0.2) is 0 Å². The van der Waals surface area contributed by atoms with E-state index < -0.39 is 12.2 Å². The molecule has 0 aromatic heterocycles. The Morgan fingerprint density at radius 3 is 2.72 bits per heavy atom. The van der Waals surface area contributed by atoms with Gasteiger partial charge in [-0.2, -0.15) is 0 Å². The minimum atomic E-state index is -0.599. The van der Waals surface area contributed by atoms with Gasteiger partial charge < -0.3 is 19.7 Å². The summed E-state index contributed by atoms with van der Waals surface area (Å²) < 4.78 is 11.9. The highest BCUT2D eigenvalue weighted by molar-refractivity contribution is 5.70. The molecule has 2 N–H and O–H groups in total. The van der Waals surface area contributed by atoms with Gasteiger partial charge in [0.2, 0.25) is 0 Å². The van der Waals surface area contributed by atoms with Crippen molar-refractivity contribution in [1.82, 2.24) is 0 Å². The van der Waals surface area contributed by atoms with Gasteiger partial charge in [0.05, 0.1) is 24.7 Å². The average Bonchev–Trinajstić information content (AvgIpc) is 2.65. The summed E-state index contributed by atoms with van der Waals surface area (Å²) in [4.78, 5) is 11.7. The zero-order valence-corrected chi connectivity index (χ0v) is 18.3. The van der Waals surface area contributed by atoms with Gasteiger partial charge in [-0.05, 0) is 49.5 Å².